The van der Waals surface area contributed by atoms with Crippen LogP contribution < -0.4 is 15.4 Å². The smallest absolute Gasteiger partial charge is 0.243 e. The highest BCUT2D eigenvalue weighted by atomic mass is 16.5. The molecule has 0 aliphatic carbocycles. The number of rotatable bonds is 5. The summed E-state index contributed by atoms with van der Waals surface area (Å²) in [5, 5.41) is 6.04. The first-order chi connectivity index (χ1) is 11.7. The van der Waals surface area contributed by atoms with Crippen LogP contribution in [-0.4, -0.2) is 31.7 Å². The Morgan fingerprint density at radius 3 is 2.96 bits per heavy atom. The molecule has 126 valence electrons. The van der Waals surface area contributed by atoms with Crippen molar-refractivity contribution in [3.05, 3.63) is 59.7 Å². The van der Waals surface area contributed by atoms with Crippen molar-refractivity contribution >= 4 is 11.6 Å². The third-order valence-electron chi connectivity index (χ3n) is 3.83. The van der Waals surface area contributed by atoms with Gasteiger partial charge in [-0.1, -0.05) is 35.9 Å². The number of morpholine rings is 1. The number of aryl methyl sites for hydroxylation is 1. The predicted molar refractivity (Wildman–Crippen MR) is 93.2 cm³/mol. The molecule has 1 aliphatic heterocycles. The van der Waals surface area contributed by atoms with Gasteiger partial charge in [0.1, 0.15) is 18.4 Å². The largest absolute Gasteiger partial charge is 0.489 e. The Labute approximate surface area is 142 Å². The summed E-state index contributed by atoms with van der Waals surface area (Å²) in [6.07, 6.45) is 0. The minimum Gasteiger partial charge on any atom is -0.489 e. The normalized spacial score (nSPS) is 17.3. The van der Waals surface area contributed by atoms with E-state index in [9.17, 15) is 4.79 Å². The van der Waals surface area contributed by atoms with Crippen LogP contribution in [-0.2, 0) is 16.1 Å². The number of carbonyl (C=O) groups excluding carboxylic acids is 1. The van der Waals surface area contributed by atoms with Gasteiger partial charge in [0.05, 0.1) is 13.2 Å². The fraction of sp³-hybridized carbons (Fsp3) is 0.316. The Hall–Kier alpha value is -2.37. The van der Waals surface area contributed by atoms with E-state index in [-0.39, 0.29) is 11.9 Å². The van der Waals surface area contributed by atoms with Crippen LogP contribution in [0.25, 0.3) is 0 Å². The molecule has 2 N–H and O–H groups in total. The van der Waals surface area contributed by atoms with Gasteiger partial charge in [-0.15, -0.1) is 0 Å². The van der Waals surface area contributed by atoms with Crippen molar-refractivity contribution in [2.45, 2.75) is 19.6 Å². The van der Waals surface area contributed by atoms with Crippen LogP contribution in [0.1, 0.15) is 11.1 Å². The first-order valence-corrected chi connectivity index (χ1v) is 8.11. The molecule has 24 heavy (non-hydrogen) atoms. The van der Waals surface area contributed by atoms with Gasteiger partial charge >= 0.3 is 0 Å². The lowest BCUT2D eigenvalue weighted by Crippen LogP contribution is -2.48. The standard InChI is InChI=1S/C19H22N2O3/c1-14-4-2-5-15(10-14)12-24-17-7-3-6-16(11-17)21-19(22)18-13-23-9-8-20-18/h2-7,10-11,18,20H,8-9,12-13H2,1H3,(H,21,22)/t18-/m1/s1. The van der Waals surface area contributed by atoms with E-state index in [1.807, 2.05) is 36.4 Å². The van der Waals surface area contributed by atoms with Gasteiger partial charge < -0.3 is 20.1 Å². The summed E-state index contributed by atoms with van der Waals surface area (Å²) >= 11 is 0. The van der Waals surface area contributed by atoms with Gasteiger partial charge in [-0.25, -0.2) is 0 Å². The summed E-state index contributed by atoms with van der Waals surface area (Å²) in [6, 6.07) is 15.3. The second-order valence-electron chi connectivity index (χ2n) is 5.88. The van der Waals surface area contributed by atoms with Crippen LogP contribution in [0.4, 0.5) is 5.69 Å². The molecule has 0 unspecified atom stereocenters. The van der Waals surface area contributed by atoms with Gasteiger partial charge in [0.2, 0.25) is 5.91 Å². The van der Waals surface area contributed by atoms with Crippen molar-refractivity contribution in [3.63, 3.8) is 0 Å². The summed E-state index contributed by atoms with van der Waals surface area (Å²) in [5.74, 6) is 0.632. The molecule has 5 nitrogen and oxygen atoms in total. The average Bonchev–Trinajstić information content (AvgIpc) is 2.61. The van der Waals surface area contributed by atoms with Crippen molar-refractivity contribution in [1.82, 2.24) is 5.32 Å². The summed E-state index contributed by atoms with van der Waals surface area (Å²) in [7, 11) is 0. The Kier molecular flexibility index (Phi) is 5.46. The quantitative estimate of drug-likeness (QED) is 0.886. The molecule has 0 aromatic heterocycles. The van der Waals surface area contributed by atoms with Gasteiger partial charge in [0.25, 0.3) is 0 Å². The van der Waals surface area contributed by atoms with Crippen LogP contribution in [0.5, 0.6) is 5.75 Å². The zero-order valence-corrected chi connectivity index (χ0v) is 13.7. The number of hydrogen-bond donors (Lipinski definition) is 2. The van der Waals surface area contributed by atoms with Crippen LogP contribution in [0.2, 0.25) is 0 Å². The van der Waals surface area contributed by atoms with Crippen LogP contribution in [0, 0.1) is 6.92 Å². The van der Waals surface area contributed by atoms with Crippen molar-refractivity contribution < 1.29 is 14.3 Å². The number of hydrogen-bond acceptors (Lipinski definition) is 4. The Balaban J connectivity index is 1.58. The molecule has 2 aromatic carbocycles. The van der Waals surface area contributed by atoms with Crippen LogP contribution in [0.3, 0.4) is 0 Å². The lowest BCUT2D eigenvalue weighted by Gasteiger charge is -2.23. The number of nitrogens with one attached hydrogen (secondary N) is 2. The summed E-state index contributed by atoms with van der Waals surface area (Å²) in [6.45, 7) is 4.29. The minimum atomic E-state index is -0.310. The predicted octanol–water partition coefficient (Wildman–Crippen LogP) is 2.50. The second-order valence-corrected chi connectivity index (χ2v) is 5.88. The maximum absolute atomic E-state index is 12.2. The van der Waals surface area contributed by atoms with E-state index in [1.54, 1.807) is 0 Å². The molecule has 1 fully saturated rings. The van der Waals surface area contributed by atoms with Crippen molar-refractivity contribution in [3.8, 4) is 5.75 Å². The second kappa shape index (κ2) is 7.95. The molecular formula is C19H22N2O3. The minimum absolute atomic E-state index is 0.0921. The topological polar surface area (TPSA) is 59.6 Å². The molecule has 1 aliphatic rings. The summed E-state index contributed by atoms with van der Waals surface area (Å²) in [4.78, 5) is 12.2. The Bertz CT molecular complexity index is 697. The van der Waals surface area contributed by atoms with Crippen LogP contribution >= 0.6 is 0 Å². The van der Waals surface area contributed by atoms with Gasteiger partial charge in [-0.2, -0.15) is 0 Å². The molecule has 1 heterocycles. The van der Waals surface area contributed by atoms with E-state index in [0.29, 0.717) is 32.1 Å². The van der Waals surface area contributed by atoms with E-state index in [1.165, 1.54) is 5.56 Å². The van der Waals surface area contributed by atoms with E-state index < -0.39 is 0 Å². The maximum atomic E-state index is 12.2. The molecule has 3 rings (SSSR count). The van der Waals surface area contributed by atoms with Gasteiger partial charge in [0, 0.05) is 18.3 Å². The highest BCUT2D eigenvalue weighted by Gasteiger charge is 2.21. The fourth-order valence-corrected chi connectivity index (χ4v) is 2.60. The zero-order valence-electron chi connectivity index (χ0n) is 13.7. The molecular weight excluding hydrogens is 304 g/mol. The van der Waals surface area contributed by atoms with Gasteiger partial charge in [-0.05, 0) is 24.6 Å². The average molecular weight is 326 g/mol. The number of carbonyl (C=O) groups is 1. The van der Waals surface area contributed by atoms with E-state index in [4.69, 9.17) is 9.47 Å². The monoisotopic (exact) mass is 326 g/mol. The van der Waals surface area contributed by atoms with Crippen molar-refractivity contribution in [2.75, 3.05) is 25.1 Å². The van der Waals surface area contributed by atoms with Crippen LogP contribution in [0.15, 0.2) is 48.5 Å². The third kappa shape index (κ3) is 4.57. The first-order valence-electron chi connectivity index (χ1n) is 8.11. The number of ether oxygens (including phenoxy) is 2. The zero-order chi connectivity index (χ0) is 16.8. The lowest BCUT2D eigenvalue weighted by atomic mass is 10.1. The molecule has 1 saturated heterocycles. The van der Waals surface area contributed by atoms with Gasteiger partial charge in [0.15, 0.2) is 0 Å². The van der Waals surface area contributed by atoms with E-state index in [0.717, 1.165) is 11.3 Å². The molecule has 1 atom stereocenters. The lowest BCUT2D eigenvalue weighted by molar-refractivity contribution is -0.120. The van der Waals surface area contributed by atoms with Crippen molar-refractivity contribution in [1.29, 1.82) is 0 Å². The summed E-state index contributed by atoms with van der Waals surface area (Å²) in [5.41, 5.74) is 3.04. The Morgan fingerprint density at radius 2 is 2.17 bits per heavy atom. The molecule has 0 radical (unpaired) electrons. The molecule has 0 saturated carbocycles. The first kappa shape index (κ1) is 16.5. The molecule has 1 amide bonds. The molecule has 5 heteroatoms. The summed E-state index contributed by atoms with van der Waals surface area (Å²) < 4.78 is 11.1. The van der Waals surface area contributed by atoms with E-state index >= 15 is 0 Å². The third-order valence-corrected chi connectivity index (χ3v) is 3.83. The SMILES string of the molecule is Cc1cccc(COc2cccc(NC(=O)[C@H]3COCCN3)c2)c1. The van der Waals surface area contributed by atoms with Gasteiger partial charge in [-0.3, -0.25) is 4.79 Å². The Morgan fingerprint density at radius 1 is 1.29 bits per heavy atom. The highest BCUT2D eigenvalue weighted by molar-refractivity contribution is 5.95. The maximum Gasteiger partial charge on any atom is 0.243 e. The number of amides is 1. The van der Waals surface area contributed by atoms with E-state index in [2.05, 4.69) is 29.7 Å². The molecule has 0 spiro atoms. The molecule has 2 aromatic rings. The number of benzene rings is 2. The number of anilines is 1. The highest BCUT2D eigenvalue weighted by Crippen LogP contribution is 2.19. The molecule has 0 bridgehead atoms. The fourth-order valence-electron chi connectivity index (χ4n) is 2.60. The van der Waals surface area contributed by atoms with Crippen molar-refractivity contribution in [2.24, 2.45) is 0 Å².